The molecule has 2 amide bonds. The number of hydrogen-bond donors (Lipinski definition) is 3. The smallest absolute Gasteiger partial charge is 0.268 e. The van der Waals surface area contributed by atoms with Crippen LogP contribution in [0.1, 0.15) is 12.0 Å². The second kappa shape index (κ2) is 5.50. The molecule has 18 heavy (non-hydrogen) atoms. The van der Waals surface area contributed by atoms with Crippen LogP contribution in [0.15, 0.2) is 24.3 Å². The van der Waals surface area contributed by atoms with Crippen molar-refractivity contribution >= 4 is 17.5 Å². The Bertz CT molecular complexity index is 444. The number of nitrogens with two attached hydrogens (primary N) is 1. The van der Waals surface area contributed by atoms with E-state index in [-0.39, 0.29) is 18.4 Å². The van der Waals surface area contributed by atoms with Crippen molar-refractivity contribution in [3.8, 4) is 0 Å². The van der Waals surface area contributed by atoms with E-state index < -0.39 is 6.04 Å². The first kappa shape index (κ1) is 12.4. The predicted octanol–water partition coefficient (Wildman–Crippen LogP) is -0.252. The van der Waals surface area contributed by atoms with Gasteiger partial charge in [0.25, 0.3) is 5.91 Å². The standard InChI is InChI=1S/C12H15N3O3/c13-9-4-1-8(2-5-9)3-6-11(16)14-10-7-18-15-12(10)17/h1-2,4-5,10H,3,6-7,13H2,(H,14,16)(H,15,17)/t10-/m1/s1. The fourth-order valence-electron chi connectivity index (χ4n) is 1.66. The highest BCUT2D eigenvalue weighted by molar-refractivity contribution is 5.88. The molecule has 1 aromatic rings. The number of aryl methyl sites for hydroxylation is 1. The number of amides is 2. The first-order valence-corrected chi connectivity index (χ1v) is 5.70. The first-order valence-electron chi connectivity index (χ1n) is 5.70. The van der Waals surface area contributed by atoms with Gasteiger partial charge in [0.15, 0.2) is 0 Å². The molecule has 1 aromatic carbocycles. The minimum Gasteiger partial charge on any atom is -0.399 e. The fourth-order valence-corrected chi connectivity index (χ4v) is 1.66. The van der Waals surface area contributed by atoms with E-state index in [0.29, 0.717) is 18.5 Å². The van der Waals surface area contributed by atoms with Crippen molar-refractivity contribution in [1.29, 1.82) is 0 Å². The first-order chi connectivity index (χ1) is 8.65. The molecule has 1 heterocycles. The Morgan fingerprint density at radius 3 is 2.78 bits per heavy atom. The molecule has 4 N–H and O–H groups in total. The minimum atomic E-state index is -0.580. The topological polar surface area (TPSA) is 93.5 Å². The number of anilines is 1. The van der Waals surface area contributed by atoms with Gasteiger partial charge in [-0.05, 0) is 24.1 Å². The van der Waals surface area contributed by atoms with Crippen molar-refractivity contribution in [3.05, 3.63) is 29.8 Å². The average Bonchev–Trinajstić information content (AvgIpc) is 2.74. The van der Waals surface area contributed by atoms with Crippen molar-refractivity contribution in [1.82, 2.24) is 10.8 Å². The third-order valence-electron chi connectivity index (χ3n) is 2.69. The van der Waals surface area contributed by atoms with E-state index in [2.05, 4.69) is 10.8 Å². The predicted molar refractivity (Wildman–Crippen MR) is 65.2 cm³/mol. The molecular formula is C12H15N3O3. The Morgan fingerprint density at radius 1 is 1.44 bits per heavy atom. The maximum absolute atomic E-state index is 11.6. The SMILES string of the molecule is Nc1ccc(CCC(=O)N[C@@H]2CONC2=O)cc1. The summed E-state index contributed by atoms with van der Waals surface area (Å²) < 4.78 is 0. The maximum atomic E-state index is 11.6. The second-order valence-corrected chi connectivity index (χ2v) is 4.14. The summed E-state index contributed by atoms with van der Waals surface area (Å²) in [6.45, 7) is 0.173. The molecule has 2 rings (SSSR count). The molecule has 0 aromatic heterocycles. The van der Waals surface area contributed by atoms with E-state index in [4.69, 9.17) is 10.6 Å². The van der Waals surface area contributed by atoms with Crippen LogP contribution in [-0.2, 0) is 20.8 Å². The van der Waals surface area contributed by atoms with Gasteiger partial charge in [-0.2, -0.15) is 0 Å². The summed E-state index contributed by atoms with van der Waals surface area (Å²) in [5, 5.41) is 2.61. The lowest BCUT2D eigenvalue weighted by Crippen LogP contribution is -2.41. The van der Waals surface area contributed by atoms with Gasteiger partial charge in [-0.15, -0.1) is 0 Å². The fraction of sp³-hybridized carbons (Fsp3) is 0.333. The van der Waals surface area contributed by atoms with Gasteiger partial charge in [0.05, 0.1) is 0 Å². The monoisotopic (exact) mass is 249 g/mol. The third kappa shape index (κ3) is 3.21. The molecule has 6 nitrogen and oxygen atoms in total. The third-order valence-corrected chi connectivity index (χ3v) is 2.69. The van der Waals surface area contributed by atoms with Gasteiger partial charge >= 0.3 is 0 Å². The molecule has 0 bridgehead atoms. The van der Waals surface area contributed by atoms with Crippen LogP contribution in [0.2, 0.25) is 0 Å². The molecule has 0 unspecified atom stereocenters. The molecule has 96 valence electrons. The highest BCUT2D eigenvalue weighted by Gasteiger charge is 2.26. The number of benzene rings is 1. The molecule has 0 spiro atoms. The van der Waals surface area contributed by atoms with Gasteiger partial charge in [-0.3, -0.25) is 14.4 Å². The van der Waals surface area contributed by atoms with E-state index in [9.17, 15) is 9.59 Å². The lowest BCUT2D eigenvalue weighted by atomic mass is 10.1. The summed E-state index contributed by atoms with van der Waals surface area (Å²) in [6, 6.07) is 6.78. The van der Waals surface area contributed by atoms with Crippen molar-refractivity contribution in [2.75, 3.05) is 12.3 Å². The van der Waals surface area contributed by atoms with E-state index in [1.54, 1.807) is 12.1 Å². The highest BCUT2D eigenvalue weighted by atomic mass is 16.7. The molecule has 1 atom stereocenters. The second-order valence-electron chi connectivity index (χ2n) is 4.14. The van der Waals surface area contributed by atoms with Crippen LogP contribution < -0.4 is 16.5 Å². The van der Waals surface area contributed by atoms with Gasteiger partial charge in [0.2, 0.25) is 5.91 Å². The van der Waals surface area contributed by atoms with Crippen molar-refractivity contribution in [2.24, 2.45) is 0 Å². The molecule has 0 saturated carbocycles. The van der Waals surface area contributed by atoms with Crippen LogP contribution in [-0.4, -0.2) is 24.5 Å². The summed E-state index contributed by atoms with van der Waals surface area (Å²) in [6.07, 6.45) is 0.939. The Balaban J connectivity index is 1.78. The van der Waals surface area contributed by atoms with E-state index in [1.807, 2.05) is 12.1 Å². The van der Waals surface area contributed by atoms with Gasteiger partial charge < -0.3 is 11.1 Å². The normalized spacial score (nSPS) is 18.4. The average molecular weight is 249 g/mol. The maximum Gasteiger partial charge on any atom is 0.268 e. The molecule has 1 fully saturated rings. The summed E-state index contributed by atoms with van der Waals surface area (Å²) >= 11 is 0. The molecular weight excluding hydrogens is 234 g/mol. The summed E-state index contributed by atoms with van der Waals surface area (Å²) in [5.74, 6) is -0.478. The van der Waals surface area contributed by atoms with Crippen LogP contribution >= 0.6 is 0 Å². The van der Waals surface area contributed by atoms with Crippen molar-refractivity contribution in [3.63, 3.8) is 0 Å². The zero-order valence-electron chi connectivity index (χ0n) is 9.81. The van der Waals surface area contributed by atoms with Gasteiger partial charge in [0, 0.05) is 12.1 Å². The molecule has 0 aliphatic carbocycles. The zero-order chi connectivity index (χ0) is 13.0. The number of nitrogen functional groups attached to an aromatic ring is 1. The Labute approximate surface area is 104 Å². The molecule has 6 heteroatoms. The van der Waals surface area contributed by atoms with Gasteiger partial charge in [-0.25, -0.2) is 5.48 Å². The summed E-state index contributed by atoms with van der Waals surface area (Å²) in [5.41, 5.74) is 9.49. The number of hydroxylamine groups is 1. The molecule has 0 radical (unpaired) electrons. The van der Waals surface area contributed by atoms with Crippen LogP contribution in [0.4, 0.5) is 5.69 Å². The molecule has 1 aliphatic heterocycles. The highest BCUT2D eigenvalue weighted by Crippen LogP contribution is 2.07. The van der Waals surface area contributed by atoms with E-state index >= 15 is 0 Å². The number of hydrogen-bond acceptors (Lipinski definition) is 4. The minimum absolute atomic E-state index is 0.169. The Hall–Kier alpha value is -2.08. The number of carbonyl (C=O) groups excluding carboxylic acids is 2. The Morgan fingerprint density at radius 2 is 2.17 bits per heavy atom. The van der Waals surface area contributed by atoms with Gasteiger partial charge in [0.1, 0.15) is 12.6 Å². The number of rotatable bonds is 4. The quantitative estimate of drug-likeness (QED) is 0.641. The lowest BCUT2D eigenvalue weighted by molar-refractivity contribution is -0.128. The zero-order valence-corrected chi connectivity index (χ0v) is 9.81. The van der Waals surface area contributed by atoms with Crippen LogP contribution in [0.5, 0.6) is 0 Å². The lowest BCUT2D eigenvalue weighted by Gasteiger charge is -2.08. The van der Waals surface area contributed by atoms with E-state index in [1.165, 1.54) is 0 Å². The van der Waals surface area contributed by atoms with Crippen molar-refractivity contribution in [2.45, 2.75) is 18.9 Å². The largest absolute Gasteiger partial charge is 0.399 e. The summed E-state index contributed by atoms with van der Waals surface area (Å²) in [4.78, 5) is 27.5. The number of nitrogens with one attached hydrogen (secondary N) is 2. The Kier molecular flexibility index (Phi) is 3.78. The summed E-state index contributed by atoms with van der Waals surface area (Å²) in [7, 11) is 0. The van der Waals surface area contributed by atoms with Crippen LogP contribution in [0.25, 0.3) is 0 Å². The van der Waals surface area contributed by atoms with Crippen molar-refractivity contribution < 1.29 is 14.4 Å². The van der Waals surface area contributed by atoms with Gasteiger partial charge in [-0.1, -0.05) is 12.1 Å². The molecule has 1 aliphatic rings. The number of carbonyl (C=O) groups is 2. The van der Waals surface area contributed by atoms with Crippen LogP contribution in [0, 0.1) is 0 Å². The van der Waals surface area contributed by atoms with E-state index in [0.717, 1.165) is 5.56 Å². The van der Waals surface area contributed by atoms with Crippen LogP contribution in [0.3, 0.4) is 0 Å². The molecule has 1 saturated heterocycles.